The van der Waals surface area contributed by atoms with Crippen LogP contribution in [0.4, 0.5) is 4.39 Å². The molecule has 0 aliphatic heterocycles. The van der Waals surface area contributed by atoms with Gasteiger partial charge in [-0.1, -0.05) is 30.3 Å². The molecule has 3 rings (SSSR count). The van der Waals surface area contributed by atoms with Gasteiger partial charge in [-0.15, -0.1) is 0 Å². The van der Waals surface area contributed by atoms with Crippen LogP contribution < -0.4 is 5.32 Å². The van der Waals surface area contributed by atoms with Crippen LogP contribution in [0.1, 0.15) is 24.1 Å². The third-order valence-electron chi connectivity index (χ3n) is 3.89. The van der Waals surface area contributed by atoms with Crippen LogP contribution in [-0.4, -0.2) is 11.5 Å². The van der Waals surface area contributed by atoms with Gasteiger partial charge in [0.25, 0.3) is 0 Å². The molecular weight excluding hydrogens is 263 g/mol. The van der Waals surface area contributed by atoms with Crippen LogP contribution in [-0.2, 0) is 6.42 Å². The zero-order valence-corrected chi connectivity index (χ0v) is 12.1. The van der Waals surface area contributed by atoms with Crippen molar-refractivity contribution in [1.29, 1.82) is 0 Å². The molecule has 0 bridgehead atoms. The van der Waals surface area contributed by atoms with E-state index in [-0.39, 0.29) is 11.9 Å². The second-order valence-electron chi connectivity index (χ2n) is 5.34. The van der Waals surface area contributed by atoms with Crippen LogP contribution in [0.3, 0.4) is 0 Å². The van der Waals surface area contributed by atoms with Gasteiger partial charge in [0.2, 0.25) is 0 Å². The highest BCUT2D eigenvalue weighted by atomic mass is 19.1. The Morgan fingerprint density at radius 3 is 2.67 bits per heavy atom. The van der Waals surface area contributed by atoms with Crippen LogP contribution in [0.15, 0.2) is 54.7 Å². The molecule has 2 nitrogen and oxygen atoms in total. The molecule has 3 aromatic rings. The van der Waals surface area contributed by atoms with Crippen molar-refractivity contribution in [1.82, 2.24) is 10.3 Å². The van der Waals surface area contributed by atoms with Gasteiger partial charge in [0, 0.05) is 23.1 Å². The summed E-state index contributed by atoms with van der Waals surface area (Å²) in [6.07, 6.45) is 3.05. The second kappa shape index (κ2) is 6.10. The Bertz CT molecular complexity index is 715. The van der Waals surface area contributed by atoms with Crippen LogP contribution in [0.25, 0.3) is 10.9 Å². The number of hydrogen-bond donors (Lipinski definition) is 2. The Labute approximate surface area is 124 Å². The summed E-state index contributed by atoms with van der Waals surface area (Å²) < 4.78 is 12.9. The van der Waals surface area contributed by atoms with Crippen LogP contribution >= 0.6 is 0 Å². The number of H-pyrrole nitrogens is 1. The number of hydrogen-bond acceptors (Lipinski definition) is 1. The largest absolute Gasteiger partial charge is 0.361 e. The first-order valence-electron chi connectivity index (χ1n) is 7.28. The Hall–Kier alpha value is -2.13. The lowest BCUT2D eigenvalue weighted by Gasteiger charge is -2.14. The number of benzene rings is 2. The number of rotatable bonds is 5. The van der Waals surface area contributed by atoms with Crippen molar-refractivity contribution in [3.05, 3.63) is 71.7 Å². The van der Waals surface area contributed by atoms with E-state index in [2.05, 4.69) is 41.6 Å². The highest BCUT2D eigenvalue weighted by molar-refractivity contribution is 5.83. The lowest BCUT2D eigenvalue weighted by Crippen LogP contribution is -2.21. The van der Waals surface area contributed by atoms with E-state index in [1.54, 1.807) is 0 Å². The quantitative estimate of drug-likeness (QED) is 0.721. The van der Waals surface area contributed by atoms with Crippen molar-refractivity contribution in [3.63, 3.8) is 0 Å². The predicted molar refractivity (Wildman–Crippen MR) is 84.8 cm³/mol. The molecule has 0 saturated carbocycles. The molecule has 0 aliphatic carbocycles. The highest BCUT2D eigenvalue weighted by Gasteiger charge is 2.06. The average molecular weight is 282 g/mol. The average Bonchev–Trinajstić information content (AvgIpc) is 2.91. The van der Waals surface area contributed by atoms with E-state index in [9.17, 15) is 4.39 Å². The fourth-order valence-electron chi connectivity index (χ4n) is 2.63. The van der Waals surface area contributed by atoms with Gasteiger partial charge in [0.15, 0.2) is 0 Å². The van der Waals surface area contributed by atoms with Gasteiger partial charge >= 0.3 is 0 Å². The van der Waals surface area contributed by atoms with Crippen LogP contribution in [0, 0.1) is 5.82 Å². The number of halogens is 1. The van der Waals surface area contributed by atoms with Crippen LogP contribution in [0.2, 0.25) is 0 Å². The van der Waals surface area contributed by atoms with E-state index in [0.29, 0.717) is 0 Å². The van der Waals surface area contributed by atoms with Gasteiger partial charge in [-0.05, 0) is 49.2 Å². The molecule has 0 aliphatic rings. The summed E-state index contributed by atoms with van der Waals surface area (Å²) in [5.41, 5.74) is 3.61. The minimum absolute atomic E-state index is 0.190. The Morgan fingerprint density at radius 1 is 1.10 bits per heavy atom. The van der Waals surface area contributed by atoms with Crippen molar-refractivity contribution >= 4 is 10.9 Å². The van der Waals surface area contributed by atoms with Gasteiger partial charge in [-0.25, -0.2) is 4.39 Å². The summed E-state index contributed by atoms with van der Waals surface area (Å²) >= 11 is 0. The normalized spacial score (nSPS) is 12.7. The Morgan fingerprint density at radius 2 is 1.86 bits per heavy atom. The highest BCUT2D eigenvalue weighted by Crippen LogP contribution is 2.18. The molecule has 1 unspecified atom stereocenters. The molecule has 0 radical (unpaired) electrons. The number of aromatic amines is 1. The van der Waals surface area contributed by atoms with Gasteiger partial charge in [0.05, 0.1) is 0 Å². The van der Waals surface area contributed by atoms with E-state index < -0.39 is 0 Å². The first-order chi connectivity index (χ1) is 10.2. The summed E-state index contributed by atoms with van der Waals surface area (Å²) in [7, 11) is 0. The van der Waals surface area contributed by atoms with E-state index in [1.807, 2.05) is 18.2 Å². The molecule has 2 aromatic carbocycles. The monoisotopic (exact) mass is 282 g/mol. The van der Waals surface area contributed by atoms with Crippen molar-refractivity contribution in [2.75, 3.05) is 6.54 Å². The van der Waals surface area contributed by atoms with Crippen molar-refractivity contribution in [2.45, 2.75) is 19.4 Å². The lowest BCUT2D eigenvalue weighted by molar-refractivity contribution is 0.574. The summed E-state index contributed by atoms with van der Waals surface area (Å²) in [5, 5.41) is 4.77. The second-order valence-corrected chi connectivity index (χ2v) is 5.34. The number of fused-ring (bicyclic) bond motifs is 1. The van der Waals surface area contributed by atoms with E-state index in [1.165, 1.54) is 28.6 Å². The standard InChI is InChI=1S/C18H19FN2/c1-13(14-6-8-16(19)9-7-14)20-11-10-15-12-21-18-5-3-2-4-17(15)18/h2-9,12-13,20-21H,10-11H2,1H3. The minimum atomic E-state index is -0.190. The molecule has 1 aromatic heterocycles. The third kappa shape index (κ3) is 3.14. The van der Waals surface area contributed by atoms with E-state index in [4.69, 9.17) is 0 Å². The third-order valence-corrected chi connectivity index (χ3v) is 3.89. The van der Waals surface area contributed by atoms with Crippen LogP contribution in [0.5, 0.6) is 0 Å². The Balaban J connectivity index is 1.59. The first kappa shape index (κ1) is 13.8. The molecule has 0 spiro atoms. The topological polar surface area (TPSA) is 27.8 Å². The van der Waals surface area contributed by atoms with Gasteiger partial charge in [0.1, 0.15) is 5.82 Å². The number of nitrogens with one attached hydrogen (secondary N) is 2. The molecule has 0 fully saturated rings. The van der Waals surface area contributed by atoms with Gasteiger partial charge < -0.3 is 10.3 Å². The van der Waals surface area contributed by atoms with E-state index >= 15 is 0 Å². The zero-order chi connectivity index (χ0) is 14.7. The maximum absolute atomic E-state index is 12.9. The smallest absolute Gasteiger partial charge is 0.123 e. The molecule has 1 atom stereocenters. The number of aromatic nitrogens is 1. The molecule has 21 heavy (non-hydrogen) atoms. The Kier molecular flexibility index (Phi) is 4.02. The summed E-state index contributed by atoms with van der Waals surface area (Å²) in [4.78, 5) is 3.29. The maximum Gasteiger partial charge on any atom is 0.123 e. The molecule has 0 amide bonds. The molecular formula is C18H19FN2. The SMILES string of the molecule is CC(NCCc1c[nH]c2ccccc12)c1ccc(F)cc1. The maximum atomic E-state index is 12.9. The molecule has 0 saturated heterocycles. The van der Waals surface area contributed by atoms with Crippen molar-refractivity contribution in [2.24, 2.45) is 0 Å². The predicted octanol–water partition coefficient (Wildman–Crippen LogP) is 4.20. The molecule has 2 N–H and O–H groups in total. The van der Waals surface area contributed by atoms with Crippen molar-refractivity contribution < 1.29 is 4.39 Å². The van der Waals surface area contributed by atoms with Gasteiger partial charge in [-0.2, -0.15) is 0 Å². The fourth-order valence-corrected chi connectivity index (χ4v) is 2.63. The van der Waals surface area contributed by atoms with E-state index in [0.717, 1.165) is 18.5 Å². The summed E-state index contributed by atoms with van der Waals surface area (Å²) in [6.45, 7) is 2.99. The molecule has 108 valence electrons. The zero-order valence-electron chi connectivity index (χ0n) is 12.1. The minimum Gasteiger partial charge on any atom is -0.361 e. The van der Waals surface area contributed by atoms with Crippen molar-refractivity contribution in [3.8, 4) is 0 Å². The first-order valence-corrected chi connectivity index (χ1v) is 7.28. The summed E-state index contributed by atoms with van der Waals surface area (Å²) in [5.74, 6) is -0.190. The lowest BCUT2D eigenvalue weighted by atomic mass is 10.1. The number of para-hydroxylation sites is 1. The van der Waals surface area contributed by atoms with Gasteiger partial charge in [-0.3, -0.25) is 0 Å². The fraction of sp³-hybridized carbons (Fsp3) is 0.222. The molecule has 1 heterocycles. The summed E-state index contributed by atoms with van der Waals surface area (Å²) in [6, 6.07) is 15.2. The molecule has 3 heteroatoms.